The van der Waals surface area contributed by atoms with E-state index in [-0.39, 0.29) is 0 Å². The van der Waals surface area contributed by atoms with Crippen LogP contribution in [0.5, 0.6) is 0 Å². The fourth-order valence-electron chi connectivity index (χ4n) is 4.27. The van der Waals surface area contributed by atoms with Gasteiger partial charge in [-0.3, -0.25) is 5.10 Å². The quantitative estimate of drug-likeness (QED) is 0.284. The molecule has 5 rings (SSSR count). The molecular formula is C26H25ClF3N5S. The second-order valence-electron chi connectivity index (χ2n) is 8.86. The van der Waals surface area contributed by atoms with Gasteiger partial charge in [0.1, 0.15) is 0 Å². The van der Waals surface area contributed by atoms with Crippen LogP contribution in [0.2, 0.25) is 4.34 Å². The van der Waals surface area contributed by atoms with Gasteiger partial charge in [0.05, 0.1) is 20.5 Å². The summed E-state index contributed by atoms with van der Waals surface area (Å²) in [6.07, 6.45) is -3.96. The van der Waals surface area contributed by atoms with Crippen molar-refractivity contribution in [1.82, 2.24) is 15.1 Å². The zero-order valence-corrected chi connectivity index (χ0v) is 21.1. The molecule has 4 aromatic rings. The number of likely N-dealkylation sites (N-methyl/N-ethyl adjacent to an activating group) is 1. The Morgan fingerprint density at radius 2 is 1.67 bits per heavy atom. The van der Waals surface area contributed by atoms with Gasteiger partial charge in [-0.05, 0) is 61.1 Å². The first-order chi connectivity index (χ1) is 17.3. The largest absolute Gasteiger partial charge is 0.416 e. The molecule has 1 fully saturated rings. The van der Waals surface area contributed by atoms with E-state index in [0.29, 0.717) is 16.6 Å². The van der Waals surface area contributed by atoms with Crippen LogP contribution >= 0.6 is 22.9 Å². The summed E-state index contributed by atoms with van der Waals surface area (Å²) in [6.45, 7) is 4.06. The fraction of sp³-hybridized carbons (Fsp3) is 0.269. The lowest BCUT2D eigenvalue weighted by atomic mass is 10.0. The van der Waals surface area contributed by atoms with Crippen molar-refractivity contribution in [2.45, 2.75) is 12.6 Å². The standard InChI is InChI=1S/C26H25ClF3N5S/c1-34-12-14-35(15-13-34)20-8-6-19(7-9-20)31-25-21(24(32-33-25)22-10-11-23(27)36-22)16-17-2-4-18(5-3-17)26(28,29)30/h2-11H,12-16H2,1H3,(H2,31,32,33). The highest BCUT2D eigenvalue weighted by Gasteiger charge is 2.30. The molecule has 2 N–H and O–H groups in total. The fourth-order valence-corrected chi connectivity index (χ4v) is 5.33. The molecule has 5 nitrogen and oxygen atoms in total. The number of rotatable bonds is 6. The summed E-state index contributed by atoms with van der Waals surface area (Å²) < 4.78 is 39.7. The lowest BCUT2D eigenvalue weighted by Gasteiger charge is -2.34. The number of H-pyrrole nitrogens is 1. The summed E-state index contributed by atoms with van der Waals surface area (Å²) in [7, 11) is 2.13. The SMILES string of the molecule is CN1CCN(c2ccc(Nc3n[nH]c(-c4ccc(Cl)s4)c3Cc3ccc(C(F)(F)F)cc3)cc2)CC1. The molecule has 0 atom stereocenters. The normalized spacial score (nSPS) is 14.9. The molecule has 1 aliphatic heterocycles. The van der Waals surface area contributed by atoms with Gasteiger partial charge >= 0.3 is 6.18 Å². The molecule has 10 heteroatoms. The van der Waals surface area contributed by atoms with E-state index in [1.165, 1.54) is 29.2 Å². The van der Waals surface area contributed by atoms with Crippen molar-refractivity contribution in [3.05, 3.63) is 81.7 Å². The zero-order chi connectivity index (χ0) is 25.3. The van der Waals surface area contributed by atoms with Crippen molar-refractivity contribution in [3.63, 3.8) is 0 Å². The third kappa shape index (κ3) is 5.53. The molecule has 0 amide bonds. The van der Waals surface area contributed by atoms with Crippen LogP contribution in [0.1, 0.15) is 16.7 Å². The smallest absolute Gasteiger partial charge is 0.369 e. The van der Waals surface area contributed by atoms with Crippen LogP contribution in [0, 0.1) is 0 Å². The molecule has 0 saturated carbocycles. The first-order valence-corrected chi connectivity index (χ1v) is 12.8. The van der Waals surface area contributed by atoms with E-state index in [9.17, 15) is 13.2 Å². The lowest BCUT2D eigenvalue weighted by Crippen LogP contribution is -2.44. The van der Waals surface area contributed by atoms with Gasteiger partial charge in [-0.2, -0.15) is 18.3 Å². The molecule has 0 aliphatic carbocycles. The Kier molecular flexibility index (Phi) is 6.96. The van der Waals surface area contributed by atoms with Crippen LogP contribution in [-0.4, -0.2) is 48.3 Å². The topological polar surface area (TPSA) is 47.2 Å². The van der Waals surface area contributed by atoms with E-state index in [0.717, 1.165) is 65.7 Å². The predicted octanol–water partition coefficient (Wildman–Crippen LogP) is 6.90. The Labute approximate surface area is 216 Å². The van der Waals surface area contributed by atoms with Crippen LogP contribution < -0.4 is 10.2 Å². The number of nitrogens with zero attached hydrogens (tertiary/aromatic N) is 3. The van der Waals surface area contributed by atoms with Crippen LogP contribution in [0.3, 0.4) is 0 Å². The number of aromatic amines is 1. The molecule has 36 heavy (non-hydrogen) atoms. The Morgan fingerprint density at radius 3 is 2.28 bits per heavy atom. The van der Waals surface area contributed by atoms with Crippen LogP contribution in [0.25, 0.3) is 10.6 Å². The van der Waals surface area contributed by atoms with Gasteiger partial charge in [0.15, 0.2) is 5.82 Å². The Hall–Kier alpha value is -3.01. The second kappa shape index (κ2) is 10.2. The summed E-state index contributed by atoms with van der Waals surface area (Å²) in [5, 5.41) is 11.0. The first kappa shape index (κ1) is 24.7. The van der Waals surface area contributed by atoms with Crippen molar-refractivity contribution in [2.24, 2.45) is 0 Å². The highest BCUT2D eigenvalue weighted by atomic mass is 35.5. The van der Waals surface area contributed by atoms with E-state index >= 15 is 0 Å². The molecule has 1 saturated heterocycles. The molecule has 0 unspecified atom stereocenters. The first-order valence-electron chi connectivity index (χ1n) is 11.6. The average Bonchev–Trinajstić information content (AvgIpc) is 3.46. The van der Waals surface area contributed by atoms with Crippen LogP contribution in [0.15, 0.2) is 60.7 Å². The van der Waals surface area contributed by atoms with Crippen molar-refractivity contribution in [1.29, 1.82) is 0 Å². The maximum Gasteiger partial charge on any atom is 0.416 e. The van der Waals surface area contributed by atoms with E-state index < -0.39 is 11.7 Å². The maximum atomic E-state index is 13.0. The molecule has 188 valence electrons. The van der Waals surface area contributed by atoms with Crippen LogP contribution in [-0.2, 0) is 12.6 Å². The molecule has 1 aliphatic rings. The van der Waals surface area contributed by atoms with Crippen molar-refractivity contribution in [3.8, 4) is 10.6 Å². The number of nitrogens with one attached hydrogen (secondary N) is 2. The Balaban J connectivity index is 1.40. The number of hydrogen-bond donors (Lipinski definition) is 2. The summed E-state index contributed by atoms with van der Waals surface area (Å²) in [6, 6.07) is 17.2. The van der Waals surface area contributed by atoms with Gasteiger partial charge in [0, 0.05) is 49.5 Å². The van der Waals surface area contributed by atoms with Gasteiger partial charge in [-0.15, -0.1) is 11.3 Å². The van der Waals surface area contributed by atoms with Gasteiger partial charge in [0.2, 0.25) is 0 Å². The van der Waals surface area contributed by atoms with E-state index in [1.54, 1.807) is 0 Å². The summed E-state index contributed by atoms with van der Waals surface area (Å²) >= 11 is 7.58. The molecular weight excluding hydrogens is 507 g/mol. The molecule has 3 heterocycles. The highest BCUT2D eigenvalue weighted by Crippen LogP contribution is 2.37. The summed E-state index contributed by atoms with van der Waals surface area (Å²) in [5.41, 5.74) is 3.79. The van der Waals surface area contributed by atoms with E-state index in [2.05, 4.69) is 44.5 Å². The van der Waals surface area contributed by atoms with E-state index in [1.807, 2.05) is 24.3 Å². The minimum atomic E-state index is -4.37. The second-order valence-corrected chi connectivity index (χ2v) is 10.6. The molecule has 0 radical (unpaired) electrons. The minimum absolute atomic E-state index is 0.404. The number of piperazine rings is 1. The number of aromatic nitrogens is 2. The predicted molar refractivity (Wildman–Crippen MR) is 141 cm³/mol. The lowest BCUT2D eigenvalue weighted by molar-refractivity contribution is -0.137. The number of thiophene rings is 1. The number of hydrogen-bond acceptors (Lipinski definition) is 5. The molecule has 2 aromatic carbocycles. The van der Waals surface area contributed by atoms with E-state index in [4.69, 9.17) is 11.6 Å². The molecule has 0 bridgehead atoms. The monoisotopic (exact) mass is 531 g/mol. The van der Waals surface area contributed by atoms with Gasteiger partial charge in [-0.25, -0.2) is 0 Å². The van der Waals surface area contributed by atoms with Crippen molar-refractivity contribution in [2.75, 3.05) is 43.4 Å². The number of anilines is 3. The van der Waals surface area contributed by atoms with Crippen molar-refractivity contribution < 1.29 is 13.2 Å². The number of benzene rings is 2. The Morgan fingerprint density at radius 1 is 0.972 bits per heavy atom. The summed E-state index contributed by atoms with van der Waals surface area (Å²) in [5.74, 6) is 0.627. The number of halogens is 4. The number of alkyl halides is 3. The van der Waals surface area contributed by atoms with Gasteiger partial charge in [-0.1, -0.05) is 23.7 Å². The third-order valence-corrected chi connectivity index (χ3v) is 7.60. The molecule has 0 spiro atoms. The van der Waals surface area contributed by atoms with Gasteiger partial charge in [0.25, 0.3) is 0 Å². The van der Waals surface area contributed by atoms with Crippen LogP contribution in [0.4, 0.5) is 30.4 Å². The minimum Gasteiger partial charge on any atom is -0.369 e. The third-order valence-electron chi connectivity index (χ3n) is 6.35. The zero-order valence-electron chi connectivity index (χ0n) is 19.6. The Bertz CT molecular complexity index is 1310. The summed E-state index contributed by atoms with van der Waals surface area (Å²) in [4.78, 5) is 5.60. The highest BCUT2D eigenvalue weighted by molar-refractivity contribution is 7.19. The average molecular weight is 532 g/mol. The van der Waals surface area contributed by atoms with Crippen molar-refractivity contribution >= 4 is 40.1 Å². The maximum absolute atomic E-state index is 13.0. The molecule has 2 aromatic heterocycles. The van der Waals surface area contributed by atoms with Gasteiger partial charge < -0.3 is 15.1 Å².